The van der Waals surface area contributed by atoms with E-state index in [2.05, 4.69) is 34.7 Å². The van der Waals surface area contributed by atoms with Gasteiger partial charge >= 0.3 is 0 Å². The maximum Gasteiger partial charge on any atom is 0.192 e. The lowest BCUT2D eigenvalue weighted by molar-refractivity contribution is 0.506. The van der Waals surface area contributed by atoms with Crippen LogP contribution in [0.5, 0.6) is 0 Å². The molecule has 1 atom stereocenters. The third kappa shape index (κ3) is 6.38. The number of rotatable bonds is 8. The van der Waals surface area contributed by atoms with E-state index in [0.717, 1.165) is 36.2 Å². The molecule has 0 saturated heterocycles. The molecule has 0 saturated carbocycles. The van der Waals surface area contributed by atoms with Crippen LogP contribution in [-0.4, -0.2) is 31.6 Å². The van der Waals surface area contributed by atoms with Crippen molar-refractivity contribution in [2.24, 2.45) is 4.99 Å². The summed E-state index contributed by atoms with van der Waals surface area (Å²) in [5.41, 5.74) is 2.14. The molecule has 0 bridgehead atoms. The second-order valence-electron chi connectivity index (χ2n) is 7.08. The molecule has 0 fully saturated rings. The molecule has 2 heterocycles. The van der Waals surface area contributed by atoms with E-state index in [1.54, 1.807) is 6.26 Å². The Balaban J connectivity index is 1.68. The van der Waals surface area contributed by atoms with Crippen molar-refractivity contribution >= 4 is 11.8 Å². The predicted molar refractivity (Wildman–Crippen MR) is 118 cm³/mol. The van der Waals surface area contributed by atoms with Crippen molar-refractivity contribution in [1.29, 1.82) is 0 Å². The zero-order valence-electron chi connectivity index (χ0n) is 17.3. The number of nitrogens with zero attached hydrogens (tertiary/aromatic N) is 3. The van der Waals surface area contributed by atoms with Crippen molar-refractivity contribution in [2.75, 3.05) is 25.5 Å². The van der Waals surface area contributed by atoms with Gasteiger partial charge in [-0.1, -0.05) is 36.4 Å². The number of furan rings is 1. The number of aromatic nitrogens is 1. The molecule has 2 N–H and O–H groups in total. The van der Waals surface area contributed by atoms with Crippen LogP contribution in [0.25, 0.3) is 0 Å². The first-order valence-corrected chi connectivity index (χ1v) is 9.87. The predicted octanol–water partition coefficient (Wildman–Crippen LogP) is 3.78. The zero-order valence-corrected chi connectivity index (χ0v) is 17.3. The van der Waals surface area contributed by atoms with Gasteiger partial charge in [0.1, 0.15) is 11.6 Å². The van der Waals surface area contributed by atoms with E-state index in [9.17, 15) is 0 Å². The summed E-state index contributed by atoms with van der Waals surface area (Å²) in [6.07, 6.45) is 2.49. The largest absolute Gasteiger partial charge is 0.469 e. The highest BCUT2D eigenvalue weighted by Crippen LogP contribution is 2.12. The minimum absolute atomic E-state index is 0.132. The van der Waals surface area contributed by atoms with E-state index < -0.39 is 0 Å². The molecule has 152 valence electrons. The smallest absolute Gasteiger partial charge is 0.192 e. The Hall–Kier alpha value is -3.28. The van der Waals surface area contributed by atoms with Crippen LogP contribution < -0.4 is 15.5 Å². The Morgan fingerprint density at radius 3 is 2.62 bits per heavy atom. The number of nitrogens with one attached hydrogen (secondary N) is 2. The molecular formula is C23H29N5O. The standard InChI is InChI=1S/C23H29N5O/c1-18(19-9-5-4-6-10-19)26-23(24-15-14-21-12-8-16-29-21)25-17-20-11-7-13-22(27-20)28(2)3/h4-13,16,18H,14-15,17H2,1-3H3,(H2,24,25,26). The van der Waals surface area contributed by atoms with Crippen molar-refractivity contribution < 1.29 is 4.42 Å². The summed E-state index contributed by atoms with van der Waals surface area (Å²) < 4.78 is 5.42. The van der Waals surface area contributed by atoms with Gasteiger partial charge < -0.3 is 20.0 Å². The number of hydrogen-bond acceptors (Lipinski definition) is 4. The number of anilines is 1. The van der Waals surface area contributed by atoms with Crippen molar-refractivity contribution in [3.8, 4) is 0 Å². The molecule has 0 aliphatic heterocycles. The summed E-state index contributed by atoms with van der Waals surface area (Å²) in [7, 11) is 3.97. The van der Waals surface area contributed by atoms with Gasteiger partial charge in [-0.15, -0.1) is 0 Å². The first-order valence-electron chi connectivity index (χ1n) is 9.87. The average molecular weight is 392 g/mol. The van der Waals surface area contributed by atoms with Crippen LogP contribution in [0.15, 0.2) is 76.3 Å². The number of benzene rings is 1. The second kappa shape index (κ2) is 10.3. The zero-order chi connectivity index (χ0) is 20.5. The lowest BCUT2D eigenvalue weighted by atomic mass is 10.1. The Labute approximate surface area is 172 Å². The maximum atomic E-state index is 5.42. The normalized spacial score (nSPS) is 12.4. The molecule has 29 heavy (non-hydrogen) atoms. The fourth-order valence-corrected chi connectivity index (χ4v) is 2.91. The van der Waals surface area contributed by atoms with Crippen LogP contribution in [0.1, 0.15) is 30.0 Å². The molecule has 6 heteroatoms. The molecule has 0 radical (unpaired) electrons. The maximum absolute atomic E-state index is 5.42. The molecule has 1 unspecified atom stereocenters. The molecule has 3 aromatic rings. The number of aliphatic imine (C=N–C) groups is 1. The quantitative estimate of drug-likeness (QED) is 0.452. The highest BCUT2D eigenvalue weighted by atomic mass is 16.3. The summed E-state index contributed by atoms with van der Waals surface area (Å²) in [5.74, 6) is 2.63. The summed E-state index contributed by atoms with van der Waals surface area (Å²) in [6.45, 7) is 3.36. The van der Waals surface area contributed by atoms with E-state index in [0.29, 0.717) is 6.54 Å². The first kappa shape index (κ1) is 20.5. The first-order chi connectivity index (χ1) is 14.1. The molecule has 0 aliphatic carbocycles. The molecule has 2 aromatic heterocycles. The summed E-state index contributed by atoms with van der Waals surface area (Å²) in [5, 5.41) is 6.90. The van der Waals surface area contributed by atoms with E-state index in [4.69, 9.17) is 9.41 Å². The molecule has 0 aliphatic rings. The Kier molecular flexibility index (Phi) is 7.28. The van der Waals surface area contributed by atoms with Crippen molar-refractivity contribution in [3.63, 3.8) is 0 Å². The Bertz CT molecular complexity index is 891. The van der Waals surface area contributed by atoms with Crippen LogP contribution in [0.2, 0.25) is 0 Å². The van der Waals surface area contributed by atoms with E-state index in [-0.39, 0.29) is 6.04 Å². The molecule has 0 amide bonds. The Morgan fingerprint density at radius 1 is 1.07 bits per heavy atom. The highest BCUT2D eigenvalue weighted by molar-refractivity contribution is 5.80. The second-order valence-corrected chi connectivity index (χ2v) is 7.08. The summed E-state index contributed by atoms with van der Waals surface area (Å²) in [4.78, 5) is 11.4. The van der Waals surface area contributed by atoms with Gasteiger partial charge in [-0.25, -0.2) is 9.98 Å². The van der Waals surface area contributed by atoms with Crippen molar-refractivity contribution in [1.82, 2.24) is 15.6 Å². The van der Waals surface area contributed by atoms with Crippen LogP contribution in [0, 0.1) is 0 Å². The third-order valence-electron chi connectivity index (χ3n) is 4.55. The molecule has 6 nitrogen and oxygen atoms in total. The van der Waals surface area contributed by atoms with Crippen molar-refractivity contribution in [3.05, 3.63) is 83.9 Å². The molecule has 3 rings (SSSR count). The third-order valence-corrected chi connectivity index (χ3v) is 4.55. The van der Waals surface area contributed by atoms with Gasteiger partial charge in [0.25, 0.3) is 0 Å². The number of guanidine groups is 1. The summed E-state index contributed by atoms with van der Waals surface area (Å²) in [6, 6.07) is 20.4. The van der Waals surface area contributed by atoms with Crippen LogP contribution in [-0.2, 0) is 13.0 Å². The molecule has 1 aromatic carbocycles. The van der Waals surface area contributed by atoms with Crippen LogP contribution in [0.4, 0.5) is 5.82 Å². The van der Waals surface area contributed by atoms with Gasteiger partial charge in [-0.3, -0.25) is 0 Å². The molecule has 0 spiro atoms. The van der Waals surface area contributed by atoms with Gasteiger partial charge in [0.2, 0.25) is 0 Å². The fraction of sp³-hybridized carbons (Fsp3) is 0.304. The number of pyridine rings is 1. The van der Waals surface area contributed by atoms with E-state index in [1.807, 2.05) is 67.5 Å². The lowest BCUT2D eigenvalue weighted by Crippen LogP contribution is -2.39. The minimum Gasteiger partial charge on any atom is -0.469 e. The SMILES string of the molecule is CC(NC(=NCc1cccc(N(C)C)n1)NCCc1ccco1)c1ccccc1. The average Bonchev–Trinajstić information content (AvgIpc) is 3.26. The van der Waals surface area contributed by atoms with E-state index >= 15 is 0 Å². The monoisotopic (exact) mass is 391 g/mol. The van der Waals surface area contributed by atoms with Gasteiger partial charge in [0.05, 0.1) is 24.5 Å². The summed E-state index contributed by atoms with van der Waals surface area (Å²) >= 11 is 0. The Morgan fingerprint density at radius 2 is 1.90 bits per heavy atom. The molecular weight excluding hydrogens is 362 g/mol. The van der Waals surface area contributed by atoms with E-state index in [1.165, 1.54) is 5.56 Å². The minimum atomic E-state index is 0.132. The van der Waals surface area contributed by atoms with Gasteiger partial charge in [-0.2, -0.15) is 0 Å². The van der Waals surface area contributed by atoms with Crippen molar-refractivity contribution in [2.45, 2.75) is 25.9 Å². The van der Waals surface area contributed by atoms with Gasteiger partial charge in [-0.05, 0) is 36.8 Å². The van der Waals surface area contributed by atoms with Crippen LogP contribution in [0.3, 0.4) is 0 Å². The fourth-order valence-electron chi connectivity index (χ4n) is 2.91. The number of hydrogen-bond donors (Lipinski definition) is 2. The lowest BCUT2D eigenvalue weighted by Gasteiger charge is -2.19. The van der Waals surface area contributed by atoms with Gasteiger partial charge in [0.15, 0.2) is 5.96 Å². The van der Waals surface area contributed by atoms with Gasteiger partial charge in [0, 0.05) is 27.1 Å². The highest BCUT2D eigenvalue weighted by Gasteiger charge is 2.08. The van der Waals surface area contributed by atoms with Crippen LogP contribution >= 0.6 is 0 Å². The topological polar surface area (TPSA) is 65.7 Å².